The molecule has 2 aliphatic heterocycles. The predicted molar refractivity (Wildman–Crippen MR) is 238 cm³/mol. The van der Waals surface area contributed by atoms with Gasteiger partial charge in [-0.3, -0.25) is 41.7 Å². The molecule has 1 aromatic carbocycles. The zero-order valence-electron chi connectivity index (χ0n) is 36.5. The summed E-state index contributed by atoms with van der Waals surface area (Å²) in [5.74, 6) is -1.00. The van der Waals surface area contributed by atoms with Crippen LogP contribution in [0.4, 0.5) is 11.8 Å². The molecule has 11 atom stereocenters. The molecule has 2 saturated carbocycles. The van der Waals surface area contributed by atoms with E-state index in [9.17, 15) is 24.7 Å². The second-order valence-corrected chi connectivity index (χ2v) is 20.7. The molecule has 352 valence electrons. The van der Waals surface area contributed by atoms with Gasteiger partial charge in [-0.05, 0) is 24.5 Å². The predicted octanol–water partition coefficient (Wildman–Crippen LogP) is 5.84. The fraction of sp³-hybridized carbons (Fsp3) is 0.488. The number of carbonyl (C=O) groups is 1. The highest BCUT2D eigenvalue weighted by Gasteiger charge is 2.73. The molecule has 23 nitrogen and oxygen atoms in total. The number of methoxy groups -OCH3 is 1. The van der Waals surface area contributed by atoms with Crippen LogP contribution >= 0.6 is 27.0 Å². The van der Waals surface area contributed by atoms with Crippen molar-refractivity contribution in [1.29, 1.82) is 10.5 Å². The minimum Gasteiger partial charge on any atom is -0.376 e. The number of H-pyrrole nitrogens is 1. The van der Waals surface area contributed by atoms with E-state index in [0.717, 1.165) is 11.3 Å². The molecule has 67 heavy (non-hydrogen) atoms. The normalized spacial score (nSPS) is 31.6. The van der Waals surface area contributed by atoms with Gasteiger partial charge in [-0.2, -0.15) is 10.5 Å². The molecular formula is C41H45N11O12P2S. The number of phosphoric acid groups is 2. The van der Waals surface area contributed by atoms with E-state index >= 15 is 4.57 Å². The van der Waals surface area contributed by atoms with E-state index in [0.29, 0.717) is 28.0 Å². The Morgan fingerprint density at radius 1 is 1.09 bits per heavy atom. The van der Waals surface area contributed by atoms with Crippen LogP contribution in [0.1, 0.15) is 53.6 Å². The molecule has 4 aliphatic rings. The minimum atomic E-state index is -4.69. The highest BCUT2D eigenvalue weighted by molar-refractivity contribution is 7.48. The fourth-order valence-electron chi connectivity index (χ4n) is 9.14. The van der Waals surface area contributed by atoms with Crippen molar-refractivity contribution < 1.29 is 50.5 Å². The number of nitriles is 2. The molecule has 4 fully saturated rings. The van der Waals surface area contributed by atoms with Crippen LogP contribution in [-0.2, 0) is 45.7 Å². The van der Waals surface area contributed by atoms with Gasteiger partial charge in [0.15, 0.2) is 17.0 Å². The van der Waals surface area contributed by atoms with Crippen molar-refractivity contribution in [3.8, 4) is 12.1 Å². The van der Waals surface area contributed by atoms with E-state index in [1.54, 1.807) is 61.0 Å². The van der Waals surface area contributed by atoms with Gasteiger partial charge in [-0.1, -0.05) is 25.1 Å². The van der Waals surface area contributed by atoms with Gasteiger partial charge in [0, 0.05) is 49.5 Å². The van der Waals surface area contributed by atoms with Crippen LogP contribution in [0.3, 0.4) is 0 Å². The lowest BCUT2D eigenvalue weighted by Crippen LogP contribution is -2.36. The number of hydrogen-bond acceptors (Lipinski definition) is 20. The molecule has 9 rings (SSSR count). The van der Waals surface area contributed by atoms with E-state index in [1.807, 2.05) is 23.6 Å². The zero-order chi connectivity index (χ0) is 47.1. The summed E-state index contributed by atoms with van der Waals surface area (Å²) in [6, 6.07) is 12.1. The van der Waals surface area contributed by atoms with Gasteiger partial charge in [-0.15, -0.1) is 11.3 Å². The number of ether oxygens (including phenoxy) is 2. The van der Waals surface area contributed by atoms with Crippen molar-refractivity contribution in [2.45, 2.75) is 62.7 Å². The average molecular weight is 978 g/mol. The Hall–Kier alpha value is -5.33. The topological polar surface area (TPSA) is 290 Å². The quantitative estimate of drug-likeness (QED) is 0.0606. The number of aromatic nitrogens is 6. The van der Waals surface area contributed by atoms with Crippen LogP contribution in [-0.4, -0.2) is 119 Å². The number of amides is 1. The number of hydrogen-bond donors (Lipinski definition) is 2. The standard InChI is InChI=1S/C41H45N11O12P2S/c1-23-30(52-22-46-29-36(44-20-45-37(29)52)49-38(53)24-10-6-5-7-11-24)26-16-41(26)19-61-66(56,59-15-9-13-43)63-32-31(57-4)27(17-60-65(55,64-35(23)41)58-14-8-12-42)62-33(32)34-28-25(18-67-34)39(54)50-40(48-28)47-21-51(2)3/h5-7,10-11,18,20-23,26-27,30-33,35H,8-9,14-17,19H2,1-4H3,(H,48,50,54)(H,44,45,49,53)/t23-,26+,27+,30-,31+,32+,33+,35-,41?,65?,66?/m0/s1. The molecule has 2 bridgehead atoms. The Labute approximate surface area is 386 Å². The third-order valence-corrected chi connectivity index (χ3v) is 16.1. The third kappa shape index (κ3) is 9.08. The van der Waals surface area contributed by atoms with E-state index in [1.165, 1.54) is 19.8 Å². The number of phosphoric ester groups is 2. The Morgan fingerprint density at radius 3 is 2.55 bits per heavy atom. The van der Waals surface area contributed by atoms with Crippen molar-refractivity contribution in [2.75, 3.05) is 52.9 Å². The maximum atomic E-state index is 15.1. The Morgan fingerprint density at radius 2 is 1.84 bits per heavy atom. The number of nitrogens with one attached hydrogen (secondary N) is 2. The second kappa shape index (κ2) is 19.0. The molecule has 3 unspecified atom stereocenters. The van der Waals surface area contributed by atoms with Crippen molar-refractivity contribution in [3.05, 3.63) is 69.2 Å². The number of nitrogens with zero attached hydrogens (tertiary/aromatic N) is 9. The van der Waals surface area contributed by atoms with Gasteiger partial charge in [-0.25, -0.2) is 34.1 Å². The van der Waals surface area contributed by atoms with Crippen molar-refractivity contribution in [1.82, 2.24) is 34.4 Å². The van der Waals surface area contributed by atoms with Gasteiger partial charge in [0.2, 0.25) is 5.95 Å². The number of imidazole rings is 1. The second-order valence-electron chi connectivity index (χ2n) is 16.6. The van der Waals surface area contributed by atoms with Gasteiger partial charge >= 0.3 is 15.6 Å². The highest BCUT2D eigenvalue weighted by Crippen LogP contribution is 2.74. The third-order valence-electron chi connectivity index (χ3n) is 12.2. The summed E-state index contributed by atoms with van der Waals surface area (Å²) in [4.78, 5) is 53.5. The maximum absolute atomic E-state index is 15.1. The van der Waals surface area contributed by atoms with Crippen LogP contribution in [0.15, 0.2) is 58.2 Å². The molecule has 5 aromatic rings. The lowest BCUT2D eigenvalue weighted by molar-refractivity contribution is -0.0453. The number of thiophene rings is 1. The Bertz CT molecular complexity index is 2940. The Balaban J connectivity index is 1.09. The number of aliphatic imine (C=N–C) groups is 1. The molecular weight excluding hydrogens is 933 g/mol. The first-order valence-electron chi connectivity index (χ1n) is 21.1. The number of aromatic amines is 1. The summed E-state index contributed by atoms with van der Waals surface area (Å²) in [6.45, 7) is 0.446. The summed E-state index contributed by atoms with van der Waals surface area (Å²) in [7, 11) is -4.41. The number of anilines is 1. The fourth-order valence-corrected chi connectivity index (χ4v) is 13.2. The number of benzene rings is 1. The van der Waals surface area contributed by atoms with E-state index in [-0.39, 0.29) is 61.2 Å². The monoisotopic (exact) mass is 977 g/mol. The molecule has 6 heterocycles. The van der Waals surface area contributed by atoms with Gasteiger partial charge < -0.3 is 24.3 Å². The minimum absolute atomic E-state index is 0.0105. The van der Waals surface area contributed by atoms with Crippen molar-refractivity contribution in [2.24, 2.45) is 22.2 Å². The SMILES string of the molecule is CO[C@H]1[C@H]2OP(=O)(OCCC#N)OCC34C[C@@H]3[C@@H](n3cnc5c(NC(=O)c6ccccc6)ncnc53)[C@H](C)[C@@H]4OP(=O)(OCCC#N)OC[C@H]1O[C@H]2c1scc2c(=O)[nH]c(N=CN(C)C)nc12. The number of carbonyl (C=O) groups excluding carboxylic acids is 1. The van der Waals surface area contributed by atoms with E-state index < -0.39 is 81.6 Å². The lowest BCUT2D eigenvalue weighted by atomic mass is 9.94. The van der Waals surface area contributed by atoms with Crippen LogP contribution in [0.2, 0.25) is 0 Å². The zero-order valence-corrected chi connectivity index (χ0v) is 39.1. The summed E-state index contributed by atoms with van der Waals surface area (Å²) in [5.41, 5.74) is -0.131. The number of rotatable bonds is 13. The molecule has 26 heteroatoms. The lowest BCUT2D eigenvalue weighted by Gasteiger charge is -2.32. The molecule has 1 spiro atoms. The molecule has 2 saturated heterocycles. The summed E-state index contributed by atoms with van der Waals surface area (Å²) in [6.07, 6.45) is -1.17. The molecule has 2 aliphatic carbocycles. The summed E-state index contributed by atoms with van der Waals surface area (Å²) >= 11 is 1.13. The average Bonchev–Trinajstić information content (AvgIpc) is 3.60. The summed E-state index contributed by atoms with van der Waals surface area (Å²) in [5, 5.41) is 23.5. The van der Waals surface area contributed by atoms with Crippen molar-refractivity contribution in [3.63, 3.8) is 0 Å². The van der Waals surface area contributed by atoms with Gasteiger partial charge in [0.25, 0.3) is 11.5 Å². The molecule has 0 radical (unpaired) electrons. The molecule has 1 amide bonds. The van der Waals surface area contributed by atoms with E-state index in [4.69, 9.17) is 36.6 Å². The first-order valence-corrected chi connectivity index (χ1v) is 24.9. The van der Waals surface area contributed by atoms with E-state index in [2.05, 4.69) is 35.2 Å². The number of fused-ring (bicyclic) bond motifs is 4. The van der Waals surface area contributed by atoms with Crippen molar-refractivity contribution >= 4 is 73.1 Å². The van der Waals surface area contributed by atoms with Crippen LogP contribution < -0.4 is 10.9 Å². The van der Waals surface area contributed by atoms with Crippen LogP contribution in [0.5, 0.6) is 0 Å². The first-order chi connectivity index (χ1) is 32.3. The largest absolute Gasteiger partial charge is 0.475 e. The Kier molecular flexibility index (Phi) is 13.3. The molecule has 4 aromatic heterocycles. The van der Waals surface area contributed by atoms with Crippen LogP contribution in [0, 0.1) is 39.9 Å². The van der Waals surface area contributed by atoms with Gasteiger partial charge in [0.1, 0.15) is 30.7 Å². The smallest absolute Gasteiger partial charge is 0.376 e. The van der Waals surface area contributed by atoms with Gasteiger partial charge in [0.05, 0.1) is 86.0 Å². The molecule has 2 N–H and O–H groups in total. The summed E-state index contributed by atoms with van der Waals surface area (Å²) < 4.78 is 81.5. The first kappa shape index (κ1) is 46.8. The maximum Gasteiger partial charge on any atom is 0.475 e. The highest BCUT2D eigenvalue weighted by atomic mass is 32.1. The van der Waals surface area contributed by atoms with Crippen LogP contribution in [0.25, 0.3) is 22.1 Å².